The molecular formula is C24H30F3N3O4. The van der Waals surface area contributed by atoms with Gasteiger partial charge in [-0.25, -0.2) is 4.79 Å². The molecule has 7 nitrogen and oxygen atoms in total. The number of rotatable bonds is 3. The fourth-order valence-corrected chi connectivity index (χ4v) is 4.91. The van der Waals surface area contributed by atoms with Crippen LogP contribution >= 0.6 is 0 Å². The molecule has 186 valence electrons. The fourth-order valence-electron chi connectivity index (χ4n) is 4.91. The van der Waals surface area contributed by atoms with Gasteiger partial charge in [0.15, 0.2) is 0 Å². The zero-order chi connectivity index (χ0) is 24.8. The van der Waals surface area contributed by atoms with Gasteiger partial charge in [0.25, 0.3) is 5.91 Å². The smallest absolute Gasteiger partial charge is 0.475 e. The third-order valence-electron chi connectivity index (χ3n) is 7.06. The molecule has 10 heteroatoms. The van der Waals surface area contributed by atoms with E-state index < -0.39 is 12.1 Å². The summed E-state index contributed by atoms with van der Waals surface area (Å²) in [6, 6.07) is 3.66. The number of halogens is 3. The molecule has 1 aromatic heterocycles. The molecule has 1 N–H and O–H groups in total. The molecule has 3 aliphatic rings. The Morgan fingerprint density at radius 2 is 1.62 bits per heavy atom. The first kappa shape index (κ1) is 25.7. The van der Waals surface area contributed by atoms with Crippen molar-refractivity contribution in [2.75, 3.05) is 26.2 Å². The van der Waals surface area contributed by atoms with Gasteiger partial charge in [0.1, 0.15) is 0 Å². The summed E-state index contributed by atoms with van der Waals surface area (Å²) in [7, 11) is 0. The number of pyridine rings is 1. The number of aliphatic carboxylic acids is 1. The van der Waals surface area contributed by atoms with Crippen molar-refractivity contribution in [1.29, 1.82) is 0 Å². The number of carboxylic acid groups (broad SMARTS) is 1. The number of carbonyl (C=O) groups is 3. The molecule has 0 aromatic carbocycles. The second-order valence-corrected chi connectivity index (χ2v) is 9.25. The molecule has 2 amide bonds. The minimum atomic E-state index is -5.08. The minimum absolute atomic E-state index is 0.108. The number of nitrogens with zero attached hydrogens (tertiary/aromatic N) is 3. The highest BCUT2D eigenvalue weighted by atomic mass is 19.4. The average molecular weight is 482 g/mol. The standard InChI is InChI=1S/C22H29N3O2.C2HF3O2/c26-20(24-12-1-2-13-24)16-18-5-7-22(8-6-18)9-14-25(15-10-22)21(27)19-4-3-11-23-17-19;3-2(4,5)1(6)7/h1-4,11,17-18H,5-10,12-16H2;(H,6,7). The van der Waals surface area contributed by atoms with E-state index in [0.29, 0.717) is 29.2 Å². The summed E-state index contributed by atoms with van der Waals surface area (Å²) in [5, 5.41) is 7.12. The molecule has 2 fully saturated rings. The van der Waals surface area contributed by atoms with E-state index >= 15 is 0 Å². The third kappa shape index (κ3) is 6.80. The highest BCUT2D eigenvalue weighted by Gasteiger charge is 2.40. The summed E-state index contributed by atoms with van der Waals surface area (Å²) < 4.78 is 31.7. The third-order valence-corrected chi connectivity index (χ3v) is 7.06. The van der Waals surface area contributed by atoms with Gasteiger partial charge in [-0.1, -0.05) is 12.2 Å². The van der Waals surface area contributed by atoms with Gasteiger partial charge in [0.05, 0.1) is 5.56 Å². The lowest BCUT2D eigenvalue weighted by Crippen LogP contribution is -2.44. The SMILES string of the molecule is O=C(CC1CCC2(CC1)CCN(C(=O)c1cccnc1)CC2)N1CC=CC1.O=C(O)C(F)(F)F. The summed E-state index contributed by atoms with van der Waals surface area (Å²) in [5.41, 5.74) is 1.08. The van der Waals surface area contributed by atoms with Crippen LogP contribution in [-0.2, 0) is 9.59 Å². The Bertz CT molecular complexity index is 878. The molecule has 0 atom stereocenters. The first-order chi connectivity index (χ1) is 16.1. The van der Waals surface area contributed by atoms with Crippen LogP contribution in [0.1, 0.15) is 55.3 Å². The summed E-state index contributed by atoms with van der Waals surface area (Å²) in [6.45, 7) is 3.26. The van der Waals surface area contributed by atoms with Crippen LogP contribution in [0.5, 0.6) is 0 Å². The van der Waals surface area contributed by atoms with Gasteiger partial charge in [0, 0.05) is 45.0 Å². The van der Waals surface area contributed by atoms with E-state index in [9.17, 15) is 22.8 Å². The normalized spacial score (nSPS) is 20.1. The lowest BCUT2D eigenvalue weighted by atomic mass is 9.65. The van der Waals surface area contributed by atoms with Crippen LogP contribution in [0.25, 0.3) is 0 Å². The molecule has 0 radical (unpaired) electrons. The van der Waals surface area contributed by atoms with Crippen molar-refractivity contribution in [3.8, 4) is 0 Å². The summed E-state index contributed by atoms with van der Waals surface area (Å²) in [5.74, 6) is -1.79. The highest BCUT2D eigenvalue weighted by Crippen LogP contribution is 2.47. The molecule has 1 spiro atoms. The summed E-state index contributed by atoms with van der Waals surface area (Å²) in [6.07, 6.45) is 10.1. The quantitative estimate of drug-likeness (QED) is 0.661. The zero-order valence-corrected chi connectivity index (χ0v) is 19.0. The Balaban J connectivity index is 0.000000406. The Morgan fingerprint density at radius 1 is 1.03 bits per heavy atom. The van der Waals surface area contributed by atoms with Gasteiger partial charge in [-0.15, -0.1) is 0 Å². The van der Waals surface area contributed by atoms with E-state index in [1.54, 1.807) is 12.4 Å². The average Bonchev–Trinajstić information content (AvgIpc) is 3.36. The predicted molar refractivity (Wildman–Crippen MR) is 118 cm³/mol. The Morgan fingerprint density at radius 3 is 2.12 bits per heavy atom. The number of aromatic nitrogens is 1. The predicted octanol–water partition coefficient (Wildman–Crippen LogP) is 3.92. The number of hydrogen-bond acceptors (Lipinski definition) is 4. The molecule has 1 saturated carbocycles. The lowest BCUT2D eigenvalue weighted by molar-refractivity contribution is -0.192. The molecule has 2 aliphatic heterocycles. The number of alkyl halides is 3. The number of likely N-dealkylation sites (tertiary alicyclic amines) is 1. The molecule has 1 aromatic rings. The summed E-state index contributed by atoms with van der Waals surface area (Å²) >= 11 is 0. The fraction of sp³-hybridized carbons (Fsp3) is 0.583. The maximum absolute atomic E-state index is 12.6. The van der Waals surface area contributed by atoms with Crippen LogP contribution < -0.4 is 0 Å². The van der Waals surface area contributed by atoms with Crippen LogP contribution in [-0.4, -0.2) is 70.0 Å². The first-order valence-corrected chi connectivity index (χ1v) is 11.5. The van der Waals surface area contributed by atoms with Gasteiger partial charge >= 0.3 is 12.1 Å². The van der Waals surface area contributed by atoms with Crippen LogP contribution in [0, 0.1) is 11.3 Å². The number of hydrogen-bond donors (Lipinski definition) is 1. The second kappa shape index (κ2) is 11.0. The van der Waals surface area contributed by atoms with Crippen molar-refractivity contribution in [1.82, 2.24) is 14.8 Å². The molecule has 1 saturated heterocycles. The molecular weight excluding hydrogens is 451 g/mol. The van der Waals surface area contributed by atoms with Crippen molar-refractivity contribution < 1.29 is 32.7 Å². The molecule has 3 heterocycles. The van der Waals surface area contributed by atoms with Crippen molar-refractivity contribution in [2.24, 2.45) is 11.3 Å². The largest absolute Gasteiger partial charge is 0.490 e. The van der Waals surface area contributed by atoms with Crippen molar-refractivity contribution >= 4 is 17.8 Å². The molecule has 0 unspecified atom stereocenters. The Labute approximate surface area is 196 Å². The molecule has 0 bridgehead atoms. The second-order valence-electron chi connectivity index (χ2n) is 9.25. The number of carboxylic acids is 1. The number of piperidine rings is 1. The van der Waals surface area contributed by atoms with Gasteiger partial charge in [0.2, 0.25) is 5.91 Å². The van der Waals surface area contributed by atoms with E-state index in [-0.39, 0.29) is 5.91 Å². The highest BCUT2D eigenvalue weighted by molar-refractivity contribution is 5.93. The maximum Gasteiger partial charge on any atom is 0.490 e. The van der Waals surface area contributed by atoms with Gasteiger partial charge < -0.3 is 14.9 Å². The van der Waals surface area contributed by atoms with Gasteiger partial charge in [-0.3, -0.25) is 14.6 Å². The van der Waals surface area contributed by atoms with Crippen molar-refractivity contribution in [2.45, 2.75) is 51.1 Å². The lowest BCUT2D eigenvalue weighted by Gasteiger charge is -2.46. The van der Waals surface area contributed by atoms with Gasteiger partial charge in [-0.05, 0) is 62.0 Å². The van der Waals surface area contributed by atoms with E-state index in [1.807, 2.05) is 21.9 Å². The Hall–Kier alpha value is -2.91. The zero-order valence-electron chi connectivity index (χ0n) is 19.0. The topological polar surface area (TPSA) is 90.8 Å². The first-order valence-electron chi connectivity index (χ1n) is 11.5. The van der Waals surface area contributed by atoms with E-state index in [1.165, 1.54) is 12.8 Å². The van der Waals surface area contributed by atoms with Crippen molar-refractivity contribution in [3.05, 3.63) is 42.2 Å². The Kier molecular flexibility index (Phi) is 8.33. The van der Waals surface area contributed by atoms with Crippen LogP contribution in [0.4, 0.5) is 13.2 Å². The van der Waals surface area contributed by atoms with Crippen LogP contribution in [0.15, 0.2) is 36.7 Å². The monoisotopic (exact) mass is 481 g/mol. The number of carbonyl (C=O) groups excluding carboxylic acids is 2. The van der Waals surface area contributed by atoms with E-state index in [2.05, 4.69) is 17.1 Å². The van der Waals surface area contributed by atoms with Gasteiger partial charge in [-0.2, -0.15) is 13.2 Å². The molecule has 1 aliphatic carbocycles. The molecule has 4 rings (SSSR count). The van der Waals surface area contributed by atoms with E-state index in [4.69, 9.17) is 9.90 Å². The van der Waals surface area contributed by atoms with Crippen LogP contribution in [0.2, 0.25) is 0 Å². The summed E-state index contributed by atoms with van der Waals surface area (Å²) in [4.78, 5) is 41.9. The minimum Gasteiger partial charge on any atom is -0.475 e. The van der Waals surface area contributed by atoms with Crippen molar-refractivity contribution in [3.63, 3.8) is 0 Å². The molecule has 34 heavy (non-hydrogen) atoms. The number of amides is 2. The van der Waals surface area contributed by atoms with Crippen LogP contribution in [0.3, 0.4) is 0 Å². The maximum atomic E-state index is 12.6. The van der Waals surface area contributed by atoms with E-state index in [0.717, 1.165) is 51.9 Å².